The number of carbonyl (C=O) groups is 1. The molecule has 0 aliphatic carbocycles. The molecule has 0 saturated carbocycles. The van der Waals surface area contributed by atoms with E-state index in [0.717, 1.165) is 27.8 Å². The van der Waals surface area contributed by atoms with Crippen LogP contribution in [0.2, 0.25) is 5.02 Å². The van der Waals surface area contributed by atoms with Crippen LogP contribution in [0.5, 0.6) is 0 Å². The Hall–Kier alpha value is -2.79. The first-order valence-corrected chi connectivity index (χ1v) is 7.94. The van der Waals surface area contributed by atoms with E-state index in [4.69, 9.17) is 11.6 Å². The van der Waals surface area contributed by atoms with Crippen molar-refractivity contribution in [2.24, 2.45) is 0 Å². The van der Waals surface area contributed by atoms with Crippen molar-refractivity contribution in [3.63, 3.8) is 0 Å². The van der Waals surface area contributed by atoms with Crippen LogP contribution in [-0.2, 0) is 17.8 Å². The van der Waals surface area contributed by atoms with E-state index in [9.17, 15) is 9.59 Å². The van der Waals surface area contributed by atoms with Crippen LogP contribution in [0.15, 0.2) is 47.3 Å². The minimum atomic E-state index is -0.129. The van der Waals surface area contributed by atoms with Gasteiger partial charge in [-0.1, -0.05) is 11.6 Å². The van der Waals surface area contributed by atoms with Crippen LogP contribution >= 0.6 is 11.6 Å². The Morgan fingerprint density at radius 3 is 2.83 bits per heavy atom. The summed E-state index contributed by atoms with van der Waals surface area (Å²) in [5.74, 6) is 0.00463. The van der Waals surface area contributed by atoms with Crippen LogP contribution in [0.4, 0.5) is 11.4 Å². The largest absolute Gasteiger partial charge is 0.381 e. The molecule has 0 saturated heterocycles. The monoisotopic (exact) mass is 339 g/mol. The number of nitrogens with one attached hydrogen (secondary N) is 3. The molecule has 6 heteroatoms. The Labute approximate surface area is 142 Å². The SMILES string of the molecule is O=C1Cc2cc(NCc3cc4cc(Cl)ccc4[nH]c3=O)ccc2N1. The molecule has 1 amide bonds. The maximum atomic E-state index is 12.2. The number of H-pyrrole nitrogens is 1. The molecule has 120 valence electrons. The molecule has 5 nitrogen and oxygen atoms in total. The highest BCUT2D eigenvalue weighted by Gasteiger charge is 2.17. The normalized spacial score (nSPS) is 13.0. The van der Waals surface area contributed by atoms with Gasteiger partial charge in [0.15, 0.2) is 0 Å². The zero-order valence-electron chi connectivity index (χ0n) is 12.7. The molecule has 2 heterocycles. The van der Waals surface area contributed by atoms with Crippen molar-refractivity contribution in [3.8, 4) is 0 Å². The highest BCUT2D eigenvalue weighted by molar-refractivity contribution is 6.31. The van der Waals surface area contributed by atoms with Gasteiger partial charge in [0.2, 0.25) is 5.91 Å². The number of amides is 1. The van der Waals surface area contributed by atoms with Crippen molar-refractivity contribution in [3.05, 3.63) is 69.0 Å². The molecular weight excluding hydrogens is 326 g/mol. The van der Waals surface area contributed by atoms with Crippen molar-refractivity contribution in [1.82, 2.24) is 4.98 Å². The van der Waals surface area contributed by atoms with Gasteiger partial charge in [0.05, 0.1) is 6.42 Å². The number of anilines is 2. The summed E-state index contributed by atoms with van der Waals surface area (Å²) in [7, 11) is 0. The highest BCUT2D eigenvalue weighted by Crippen LogP contribution is 2.26. The first-order chi connectivity index (χ1) is 11.6. The Balaban J connectivity index is 1.59. The minimum absolute atomic E-state index is 0.00463. The number of hydrogen-bond donors (Lipinski definition) is 3. The van der Waals surface area contributed by atoms with Crippen LogP contribution < -0.4 is 16.2 Å². The van der Waals surface area contributed by atoms with Crippen LogP contribution in [0.25, 0.3) is 10.9 Å². The zero-order chi connectivity index (χ0) is 16.7. The first kappa shape index (κ1) is 14.8. The third-order valence-electron chi connectivity index (χ3n) is 4.10. The van der Waals surface area contributed by atoms with E-state index in [1.807, 2.05) is 30.3 Å². The fraction of sp³-hybridized carbons (Fsp3) is 0.111. The molecule has 1 aliphatic heterocycles. The summed E-state index contributed by atoms with van der Waals surface area (Å²) in [4.78, 5) is 26.4. The van der Waals surface area contributed by atoms with E-state index in [0.29, 0.717) is 23.6 Å². The standard InChI is InChI=1S/C18H14ClN3O2/c19-13-1-3-16-10(6-13)5-12(18(24)22-16)9-20-14-2-4-15-11(7-14)8-17(23)21-15/h1-7,20H,8-9H2,(H,21,23)(H,22,24). The van der Waals surface area contributed by atoms with Crippen molar-refractivity contribution < 1.29 is 4.79 Å². The number of hydrogen-bond acceptors (Lipinski definition) is 3. The zero-order valence-corrected chi connectivity index (χ0v) is 13.4. The van der Waals surface area contributed by atoms with E-state index in [1.165, 1.54) is 0 Å². The maximum Gasteiger partial charge on any atom is 0.253 e. The third-order valence-corrected chi connectivity index (χ3v) is 4.33. The molecular formula is C18H14ClN3O2. The lowest BCUT2D eigenvalue weighted by molar-refractivity contribution is -0.115. The summed E-state index contributed by atoms with van der Waals surface area (Å²) in [6.07, 6.45) is 0.389. The lowest BCUT2D eigenvalue weighted by Gasteiger charge is -2.09. The Morgan fingerprint density at radius 1 is 1.08 bits per heavy atom. The van der Waals surface area contributed by atoms with Gasteiger partial charge in [0, 0.05) is 39.4 Å². The molecule has 1 aliphatic rings. The van der Waals surface area contributed by atoms with Gasteiger partial charge < -0.3 is 15.6 Å². The number of aromatic amines is 1. The smallest absolute Gasteiger partial charge is 0.253 e. The molecule has 0 fully saturated rings. The Kier molecular flexibility index (Phi) is 3.50. The molecule has 4 rings (SSSR count). The number of benzene rings is 2. The predicted octanol–water partition coefficient (Wildman–Crippen LogP) is 3.29. The number of pyridine rings is 1. The van der Waals surface area contributed by atoms with Crippen molar-refractivity contribution in [2.75, 3.05) is 10.6 Å². The molecule has 0 spiro atoms. The van der Waals surface area contributed by atoms with E-state index < -0.39 is 0 Å². The summed E-state index contributed by atoms with van der Waals surface area (Å²) in [6, 6.07) is 12.9. The number of rotatable bonds is 3. The summed E-state index contributed by atoms with van der Waals surface area (Å²) in [5.41, 5.74) is 3.94. The van der Waals surface area contributed by atoms with Gasteiger partial charge in [-0.15, -0.1) is 0 Å². The summed E-state index contributed by atoms with van der Waals surface area (Å²) < 4.78 is 0. The lowest BCUT2D eigenvalue weighted by atomic mass is 10.1. The number of fused-ring (bicyclic) bond motifs is 2. The predicted molar refractivity (Wildman–Crippen MR) is 95.7 cm³/mol. The van der Waals surface area contributed by atoms with Gasteiger partial charge in [-0.2, -0.15) is 0 Å². The molecule has 0 atom stereocenters. The first-order valence-electron chi connectivity index (χ1n) is 7.56. The van der Waals surface area contributed by atoms with Gasteiger partial charge in [0.25, 0.3) is 5.56 Å². The van der Waals surface area contributed by atoms with Crippen LogP contribution in [-0.4, -0.2) is 10.9 Å². The van der Waals surface area contributed by atoms with Crippen LogP contribution in [0.3, 0.4) is 0 Å². The van der Waals surface area contributed by atoms with Crippen LogP contribution in [0, 0.1) is 0 Å². The minimum Gasteiger partial charge on any atom is -0.381 e. The Morgan fingerprint density at radius 2 is 1.96 bits per heavy atom. The number of carbonyl (C=O) groups excluding carboxylic acids is 1. The molecule has 1 aromatic heterocycles. The molecule has 0 bridgehead atoms. The lowest BCUT2D eigenvalue weighted by Crippen LogP contribution is -2.15. The summed E-state index contributed by atoms with van der Waals surface area (Å²) >= 11 is 6.01. The molecule has 0 unspecified atom stereocenters. The maximum absolute atomic E-state index is 12.2. The molecule has 0 radical (unpaired) electrons. The van der Waals surface area contributed by atoms with E-state index in [1.54, 1.807) is 12.1 Å². The molecule has 3 N–H and O–H groups in total. The Bertz CT molecular complexity index is 1030. The van der Waals surface area contributed by atoms with Gasteiger partial charge in [-0.3, -0.25) is 9.59 Å². The van der Waals surface area contributed by atoms with E-state index >= 15 is 0 Å². The van der Waals surface area contributed by atoms with Gasteiger partial charge in [-0.25, -0.2) is 0 Å². The molecule has 24 heavy (non-hydrogen) atoms. The second kappa shape index (κ2) is 5.69. The fourth-order valence-electron chi connectivity index (χ4n) is 2.89. The topological polar surface area (TPSA) is 74.0 Å². The second-order valence-corrected chi connectivity index (χ2v) is 6.24. The van der Waals surface area contributed by atoms with Gasteiger partial charge in [0.1, 0.15) is 0 Å². The van der Waals surface area contributed by atoms with Gasteiger partial charge >= 0.3 is 0 Å². The second-order valence-electron chi connectivity index (χ2n) is 5.81. The fourth-order valence-corrected chi connectivity index (χ4v) is 3.07. The number of aromatic nitrogens is 1. The summed E-state index contributed by atoms with van der Waals surface area (Å²) in [6.45, 7) is 0.387. The highest BCUT2D eigenvalue weighted by atomic mass is 35.5. The van der Waals surface area contributed by atoms with E-state index in [-0.39, 0.29) is 11.5 Å². The third kappa shape index (κ3) is 2.74. The van der Waals surface area contributed by atoms with Crippen LogP contribution in [0.1, 0.15) is 11.1 Å². The van der Waals surface area contributed by atoms with E-state index in [2.05, 4.69) is 15.6 Å². The molecule has 3 aromatic rings. The molecule has 2 aromatic carbocycles. The van der Waals surface area contributed by atoms with Crippen molar-refractivity contribution in [2.45, 2.75) is 13.0 Å². The van der Waals surface area contributed by atoms with Crippen molar-refractivity contribution >= 4 is 39.8 Å². The average molecular weight is 340 g/mol. The van der Waals surface area contributed by atoms with Gasteiger partial charge in [-0.05, 0) is 48.0 Å². The number of halogens is 1. The average Bonchev–Trinajstić information content (AvgIpc) is 2.92. The summed E-state index contributed by atoms with van der Waals surface area (Å²) in [5, 5.41) is 7.55. The quantitative estimate of drug-likeness (QED) is 0.685. The van der Waals surface area contributed by atoms with Crippen molar-refractivity contribution in [1.29, 1.82) is 0 Å².